The Bertz CT molecular complexity index is 970. The molecule has 2 aliphatic rings. The quantitative estimate of drug-likeness (QED) is 0.771. The van der Waals surface area contributed by atoms with Crippen LogP contribution in [0.3, 0.4) is 0 Å². The van der Waals surface area contributed by atoms with Gasteiger partial charge in [-0.25, -0.2) is 4.79 Å². The number of cyclic esters (lactones) is 1. The highest BCUT2D eigenvalue weighted by atomic mass is 16.6. The highest BCUT2D eigenvalue weighted by molar-refractivity contribution is 5.69. The first-order chi connectivity index (χ1) is 14.2. The summed E-state index contributed by atoms with van der Waals surface area (Å²) in [6.45, 7) is 6.04. The smallest absolute Gasteiger partial charge is 0.410 e. The molecule has 0 spiro atoms. The van der Waals surface area contributed by atoms with Crippen molar-refractivity contribution in [1.82, 2.24) is 9.47 Å². The van der Waals surface area contributed by atoms with Crippen molar-refractivity contribution >= 4 is 6.09 Å². The van der Waals surface area contributed by atoms with Gasteiger partial charge in [-0.05, 0) is 56.4 Å². The average Bonchev–Trinajstić information content (AvgIpc) is 3.51. The number of nitrogens with zero attached hydrogens (tertiary/aromatic N) is 2. The summed E-state index contributed by atoms with van der Waals surface area (Å²) in [5, 5.41) is 9.97. The Hall–Kier alpha value is -2.60. The molecule has 0 bridgehead atoms. The lowest BCUT2D eigenvalue weighted by molar-refractivity contribution is -0.0309. The maximum absolute atomic E-state index is 12.5. The predicted molar refractivity (Wildman–Crippen MR) is 115 cm³/mol. The number of rotatable bonds is 6. The van der Waals surface area contributed by atoms with Gasteiger partial charge < -0.3 is 19.3 Å². The predicted octanol–water partition coefficient (Wildman–Crippen LogP) is 4.28. The van der Waals surface area contributed by atoms with Crippen LogP contribution in [0, 0.1) is 0 Å². The third-order valence-corrected chi connectivity index (χ3v) is 6.00. The molecule has 2 heterocycles. The normalized spacial score (nSPS) is 20.7. The fraction of sp³-hybridized carbons (Fsp3) is 0.500. The fourth-order valence-corrected chi connectivity index (χ4v) is 4.15. The molecule has 1 aliphatic heterocycles. The number of carbonyl (C=O) groups excluding carboxylic acids is 1. The minimum Gasteiger partial charge on any atom is -0.446 e. The lowest BCUT2D eigenvalue weighted by atomic mass is 9.97. The van der Waals surface area contributed by atoms with E-state index in [9.17, 15) is 14.7 Å². The second-order valence-electron chi connectivity index (χ2n) is 9.19. The molecular formula is C24H30N2O4. The zero-order chi connectivity index (χ0) is 21.5. The van der Waals surface area contributed by atoms with Gasteiger partial charge in [0.25, 0.3) is 5.56 Å². The first-order valence-electron chi connectivity index (χ1n) is 10.7. The van der Waals surface area contributed by atoms with Gasteiger partial charge in [-0.2, -0.15) is 0 Å². The maximum atomic E-state index is 12.5. The number of pyridine rings is 1. The molecule has 1 aromatic heterocycles. The highest BCUT2D eigenvalue weighted by Gasteiger charge is 2.33. The van der Waals surface area contributed by atoms with E-state index in [-0.39, 0.29) is 23.8 Å². The van der Waals surface area contributed by atoms with E-state index in [1.807, 2.05) is 48.0 Å². The van der Waals surface area contributed by atoms with Crippen LogP contribution in [0.5, 0.6) is 0 Å². The van der Waals surface area contributed by atoms with Gasteiger partial charge in [-0.15, -0.1) is 0 Å². The van der Waals surface area contributed by atoms with Crippen LogP contribution in [0.2, 0.25) is 0 Å². The third kappa shape index (κ3) is 4.59. The van der Waals surface area contributed by atoms with Gasteiger partial charge in [0.1, 0.15) is 6.10 Å². The van der Waals surface area contributed by atoms with Crippen molar-refractivity contribution in [3.8, 4) is 11.1 Å². The molecule has 1 amide bonds. The average molecular weight is 411 g/mol. The van der Waals surface area contributed by atoms with Gasteiger partial charge >= 0.3 is 6.09 Å². The summed E-state index contributed by atoms with van der Waals surface area (Å²) < 4.78 is 7.36. The van der Waals surface area contributed by atoms with E-state index in [1.54, 1.807) is 24.8 Å². The van der Waals surface area contributed by atoms with Crippen LogP contribution >= 0.6 is 0 Å². The highest BCUT2D eigenvalue weighted by Crippen LogP contribution is 2.34. The van der Waals surface area contributed by atoms with Crippen LogP contribution in [-0.2, 0) is 4.74 Å². The Balaban J connectivity index is 1.43. The minimum absolute atomic E-state index is 0.0455. The second-order valence-corrected chi connectivity index (χ2v) is 9.19. The number of benzene rings is 1. The number of carbonyl (C=O) groups is 1. The maximum Gasteiger partial charge on any atom is 0.410 e. The lowest BCUT2D eigenvalue weighted by Crippen LogP contribution is -2.45. The molecule has 2 unspecified atom stereocenters. The zero-order valence-electron chi connectivity index (χ0n) is 17.9. The number of aromatic nitrogens is 1. The molecule has 2 atom stereocenters. The lowest BCUT2D eigenvalue weighted by Gasteiger charge is -2.37. The monoisotopic (exact) mass is 410 g/mol. The molecule has 160 valence electrons. The molecule has 30 heavy (non-hydrogen) atoms. The van der Waals surface area contributed by atoms with Gasteiger partial charge in [0.2, 0.25) is 0 Å². The van der Waals surface area contributed by atoms with Crippen LogP contribution in [-0.4, -0.2) is 38.9 Å². The standard InChI is InChI=1S/C24H30N2O4/c1-16(25-13-11-21(30-23(25)28)15-24(2,3)29)17-4-6-18(7-5-17)19-10-12-26(20-8-9-20)22(27)14-19/h4-7,10,12,14,16,20-21,29H,8-9,11,13,15H2,1-3H3. The first kappa shape index (κ1) is 20.7. The molecule has 1 aromatic carbocycles. The van der Waals surface area contributed by atoms with Gasteiger partial charge in [-0.3, -0.25) is 4.79 Å². The van der Waals surface area contributed by atoms with Crippen LogP contribution in [0.25, 0.3) is 11.1 Å². The van der Waals surface area contributed by atoms with Crippen LogP contribution in [0.15, 0.2) is 47.4 Å². The van der Waals surface area contributed by atoms with Gasteiger partial charge in [0.05, 0.1) is 11.6 Å². The van der Waals surface area contributed by atoms with Crippen molar-refractivity contribution in [2.45, 2.75) is 70.2 Å². The number of amides is 1. The molecule has 4 rings (SSSR count). The van der Waals surface area contributed by atoms with Gasteiger partial charge in [-0.1, -0.05) is 24.3 Å². The SMILES string of the molecule is CC(c1ccc(-c2ccn(C3CC3)c(=O)c2)cc1)N1CCC(CC(C)(C)O)OC1=O. The summed E-state index contributed by atoms with van der Waals surface area (Å²) >= 11 is 0. The van der Waals surface area contributed by atoms with Crippen molar-refractivity contribution in [3.63, 3.8) is 0 Å². The zero-order valence-corrected chi connectivity index (χ0v) is 17.9. The van der Waals surface area contributed by atoms with Crippen molar-refractivity contribution in [2.24, 2.45) is 0 Å². The van der Waals surface area contributed by atoms with Crippen LogP contribution in [0.1, 0.15) is 64.1 Å². The van der Waals surface area contributed by atoms with Crippen molar-refractivity contribution in [2.75, 3.05) is 6.54 Å². The molecule has 1 saturated carbocycles. The number of hydrogen-bond donors (Lipinski definition) is 1. The molecule has 2 aromatic rings. The van der Waals surface area contributed by atoms with Crippen molar-refractivity contribution in [1.29, 1.82) is 0 Å². The topological polar surface area (TPSA) is 71.8 Å². The summed E-state index contributed by atoms with van der Waals surface area (Å²) in [5.74, 6) is 0. The Morgan fingerprint density at radius 2 is 1.80 bits per heavy atom. The summed E-state index contributed by atoms with van der Waals surface area (Å²) in [7, 11) is 0. The van der Waals surface area contributed by atoms with Crippen LogP contribution < -0.4 is 5.56 Å². The van der Waals surface area contributed by atoms with E-state index in [2.05, 4.69) is 0 Å². The van der Waals surface area contributed by atoms with E-state index < -0.39 is 5.60 Å². The Morgan fingerprint density at radius 3 is 2.37 bits per heavy atom. The molecule has 6 heteroatoms. The second kappa shape index (κ2) is 7.91. The van der Waals surface area contributed by atoms with Gasteiger partial charge in [0, 0.05) is 37.7 Å². The van der Waals surface area contributed by atoms with E-state index in [0.29, 0.717) is 25.4 Å². The largest absolute Gasteiger partial charge is 0.446 e. The summed E-state index contributed by atoms with van der Waals surface area (Å²) in [5.41, 5.74) is 2.10. The fourth-order valence-electron chi connectivity index (χ4n) is 4.15. The molecule has 0 radical (unpaired) electrons. The Morgan fingerprint density at radius 1 is 1.10 bits per heavy atom. The summed E-state index contributed by atoms with van der Waals surface area (Å²) in [4.78, 5) is 26.6. The number of aliphatic hydroxyl groups is 1. The van der Waals surface area contributed by atoms with E-state index in [1.165, 1.54) is 0 Å². The molecule has 1 N–H and O–H groups in total. The molecule has 1 saturated heterocycles. The number of hydrogen-bond acceptors (Lipinski definition) is 4. The summed E-state index contributed by atoms with van der Waals surface area (Å²) in [6, 6.07) is 11.9. The van der Waals surface area contributed by atoms with Gasteiger partial charge in [0.15, 0.2) is 0 Å². The number of ether oxygens (including phenoxy) is 1. The Labute approximate surface area is 177 Å². The van der Waals surface area contributed by atoms with Crippen molar-refractivity contribution in [3.05, 3.63) is 58.5 Å². The van der Waals surface area contributed by atoms with Crippen molar-refractivity contribution < 1.29 is 14.6 Å². The Kier molecular flexibility index (Phi) is 5.45. The minimum atomic E-state index is -0.853. The molecule has 6 nitrogen and oxygen atoms in total. The first-order valence-corrected chi connectivity index (χ1v) is 10.7. The van der Waals surface area contributed by atoms with E-state index >= 15 is 0 Å². The molecule has 2 fully saturated rings. The summed E-state index contributed by atoms with van der Waals surface area (Å²) in [6.07, 6.45) is 4.62. The molecular weight excluding hydrogens is 380 g/mol. The molecule has 1 aliphatic carbocycles. The third-order valence-electron chi connectivity index (χ3n) is 6.00. The van der Waals surface area contributed by atoms with E-state index in [4.69, 9.17) is 4.74 Å². The van der Waals surface area contributed by atoms with Crippen LogP contribution in [0.4, 0.5) is 4.79 Å². The van der Waals surface area contributed by atoms with E-state index in [0.717, 1.165) is 29.5 Å².